The molecule has 0 bridgehead atoms. The molecule has 5 rings (SSSR count). The molecule has 0 spiro atoms. The predicted molar refractivity (Wildman–Crippen MR) is 113 cm³/mol. The highest BCUT2D eigenvalue weighted by molar-refractivity contribution is 7.19. The van der Waals surface area contributed by atoms with Gasteiger partial charge in [-0.3, -0.25) is 9.79 Å². The number of carboxylic acid groups (broad SMARTS) is 1. The number of nitrogens with zero attached hydrogens (tertiary/aromatic N) is 3. The summed E-state index contributed by atoms with van der Waals surface area (Å²) >= 11 is 1.57. The Morgan fingerprint density at radius 1 is 1.38 bits per heavy atom. The maximum absolute atomic E-state index is 11.4. The van der Waals surface area contributed by atoms with E-state index < -0.39 is 5.97 Å². The minimum atomic E-state index is -0.723. The molecule has 2 aromatic heterocycles. The summed E-state index contributed by atoms with van der Waals surface area (Å²) in [5.41, 5.74) is 4.25. The van der Waals surface area contributed by atoms with Gasteiger partial charge in [0.15, 0.2) is 0 Å². The predicted octanol–water partition coefficient (Wildman–Crippen LogP) is 3.96. The van der Waals surface area contributed by atoms with Crippen LogP contribution < -0.4 is 10.1 Å². The van der Waals surface area contributed by atoms with Crippen molar-refractivity contribution in [1.29, 1.82) is 0 Å². The summed E-state index contributed by atoms with van der Waals surface area (Å²) in [5, 5.41) is 13.8. The van der Waals surface area contributed by atoms with Crippen molar-refractivity contribution < 1.29 is 14.6 Å². The molecule has 0 amide bonds. The lowest BCUT2D eigenvalue weighted by atomic mass is 9.88. The SMILES string of the molecule is CCOc1cc2c(cc1Nc1ncnc3sc4c(c13)CCC(C(=O)O)C4)C=NC2. The normalized spacial score (nSPS) is 17.2. The number of carbonyl (C=O) groups is 1. The smallest absolute Gasteiger partial charge is 0.306 e. The van der Waals surface area contributed by atoms with E-state index in [1.807, 2.05) is 25.3 Å². The molecule has 3 aromatic rings. The number of hydrogen-bond acceptors (Lipinski definition) is 7. The summed E-state index contributed by atoms with van der Waals surface area (Å²) in [6.45, 7) is 3.21. The maximum Gasteiger partial charge on any atom is 0.306 e. The summed E-state index contributed by atoms with van der Waals surface area (Å²) in [5.74, 6) is 0.467. The van der Waals surface area contributed by atoms with Gasteiger partial charge in [-0.25, -0.2) is 9.97 Å². The van der Waals surface area contributed by atoms with Crippen LogP contribution in [-0.2, 0) is 24.2 Å². The van der Waals surface area contributed by atoms with Gasteiger partial charge in [-0.15, -0.1) is 11.3 Å². The van der Waals surface area contributed by atoms with Gasteiger partial charge in [-0.2, -0.15) is 0 Å². The van der Waals surface area contributed by atoms with Gasteiger partial charge >= 0.3 is 5.97 Å². The van der Waals surface area contributed by atoms with Crippen molar-refractivity contribution in [3.8, 4) is 5.75 Å². The first kappa shape index (κ1) is 18.1. The topological polar surface area (TPSA) is 96.7 Å². The van der Waals surface area contributed by atoms with Gasteiger partial charge in [0.25, 0.3) is 0 Å². The summed E-state index contributed by atoms with van der Waals surface area (Å²) in [6, 6.07) is 4.08. The first-order chi connectivity index (χ1) is 14.1. The Morgan fingerprint density at radius 3 is 3.10 bits per heavy atom. The van der Waals surface area contributed by atoms with E-state index in [9.17, 15) is 9.90 Å². The van der Waals surface area contributed by atoms with Crippen LogP contribution in [0.3, 0.4) is 0 Å². The maximum atomic E-state index is 11.4. The average molecular weight is 408 g/mol. The molecule has 29 heavy (non-hydrogen) atoms. The lowest BCUT2D eigenvalue weighted by Crippen LogP contribution is -2.21. The van der Waals surface area contributed by atoms with Crippen molar-refractivity contribution in [3.63, 3.8) is 0 Å². The number of benzene rings is 1. The van der Waals surface area contributed by atoms with Crippen LogP contribution in [-0.4, -0.2) is 33.9 Å². The molecule has 1 aliphatic carbocycles. The molecule has 0 radical (unpaired) electrons. The molecule has 0 fully saturated rings. The van der Waals surface area contributed by atoms with Gasteiger partial charge < -0.3 is 15.2 Å². The average Bonchev–Trinajstić information content (AvgIpc) is 3.31. The highest BCUT2D eigenvalue weighted by Gasteiger charge is 2.29. The van der Waals surface area contributed by atoms with Gasteiger partial charge in [-0.1, -0.05) is 0 Å². The number of aryl methyl sites for hydroxylation is 1. The first-order valence-corrected chi connectivity index (χ1v) is 10.5. The lowest BCUT2D eigenvalue weighted by Gasteiger charge is -2.19. The van der Waals surface area contributed by atoms with Crippen LogP contribution in [0.5, 0.6) is 5.75 Å². The number of rotatable bonds is 5. The second-order valence-electron chi connectivity index (χ2n) is 7.26. The highest BCUT2D eigenvalue weighted by Crippen LogP contribution is 2.41. The zero-order valence-corrected chi connectivity index (χ0v) is 16.8. The van der Waals surface area contributed by atoms with Crippen LogP contribution in [0.15, 0.2) is 23.5 Å². The molecular weight excluding hydrogens is 388 g/mol. The second-order valence-corrected chi connectivity index (χ2v) is 8.34. The van der Waals surface area contributed by atoms with Crippen molar-refractivity contribution >= 4 is 45.2 Å². The number of hydrogen-bond donors (Lipinski definition) is 2. The Bertz CT molecular complexity index is 1150. The van der Waals surface area contributed by atoms with Gasteiger partial charge in [-0.05, 0) is 55.0 Å². The summed E-state index contributed by atoms with van der Waals surface area (Å²) in [6.07, 6.45) is 5.36. The molecule has 1 unspecified atom stereocenters. The number of thiophene rings is 1. The molecule has 1 aromatic carbocycles. The third-order valence-corrected chi connectivity index (χ3v) is 6.64. The fourth-order valence-corrected chi connectivity index (χ4v) is 5.32. The second kappa shape index (κ2) is 7.11. The standard InChI is InChI=1S/C21H20N4O3S/c1-2-28-16-6-13-9-22-8-12(13)5-15(16)25-19-18-14-4-3-11(21(26)27)7-17(14)29-20(18)24-10-23-19/h5-6,8,10-11H,2-4,7,9H2,1H3,(H,26,27)(H,23,24,25). The Hall–Kier alpha value is -3.00. The molecule has 1 aliphatic heterocycles. The lowest BCUT2D eigenvalue weighted by molar-refractivity contribution is -0.142. The van der Waals surface area contributed by atoms with Crippen molar-refractivity contribution in [1.82, 2.24) is 9.97 Å². The van der Waals surface area contributed by atoms with Crippen LogP contribution in [0.2, 0.25) is 0 Å². The minimum Gasteiger partial charge on any atom is -0.492 e. The van der Waals surface area contributed by atoms with Gasteiger partial charge in [0.1, 0.15) is 22.7 Å². The Morgan fingerprint density at radius 2 is 2.28 bits per heavy atom. The molecule has 3 heterocycles. The van der Waals surface area contributed by atoms with Crippen molar-refractivity contribution in [2.45, 2.75) is 32.7 Å². The molecule has 8 heteroatoms. The zero-order valence-electron chi connectivity index (χ0n) is 15.9. The van der Waals surface area contributed by atoms with Crippen LogP contribution >= 0.6 is 11.3 Å². The number of aromatic nitrogens is 2. The summed E-state index contributed by atoms with van der Waals surface area (Å²) < 4.78 is 5.86. The van der Waals surface area contributed by atoms with Gasteiger partial charge in [0, 0.05) is 11.1 Å². The Balaban J connectivity index is 1.57. The third kappa shape index (κ3) is 3.13. The number of fused-ring (bicyclic) bond motifs is 4. The fraction of sp³-hybridized carbons (Fsp3) is 0.333. The number of anilines is 2. The number of carboxylic acids is 1. The van der Waals surface area contributed by atoms with Crippen molar-refractivity contribution in [3.05, 3.63) is 40.0 Å². The van der Waals surface area contributed by atoms with E-state index in [0.717, 1.165) is 49.9 Å². The molecule has 148 valence electrons. The van der Waals surface area contributed by atoms with E-state index >= 15 is 0 Å². The van der Waals surface area contributed by atoms with E-state index in [2.05, 4.69) is 20.3 Å². The zero-order chi connectivity index (χ0) is 20.0. The van der Waals surface area contributed by atoms with Crippen LogP contribution in [0, 0.1) is 5.92 Å². The molecule has 0 saturated heterocycles. The number of ether oxygens (including phenoxy) is 1. The van der Waals surface area contributed by atoms with E-state index in [1.165, 1.54) is 5.56 Å². The van der Waals surface area contributed by atoms with E-state index in [1.54, 1.807) is 17.7 Å². The van der Waals surface area contributed by atoms with Crippen LogP contribution in [0.4, 0.5) is 11.5 Å². The third-order valence-electron chi connectivity index (χ3n) is 5.48. The van der Waals surface area contributed by atoms with Gasteiger partial charge in [0.05, 0.1) is 30.1 Å². The van der Waals surface area contributed by atoms with E-state index in [0.29, 0.717) is 26.0 Å². The number of nitrogens with one attached hydrogen (secondary N) is 1. The van der Waals surface area contributed by atoms with Crippen LogP contribution in [0.1, 0.15) is 34.9 Å². The first-order valence-electron chi connectivity index (χ1n) is 9.68. The molecular formula is C21H20N4O3S. The molecule has 7 nitrogen and oxygen atoms in total. The summed E-state index contributed by atoms with van der Waals surface area (Å²) in [7, 11) is 0. The summed E-state index contributed by atoms with van der Waals surface area (Å²) in [4.78, 5) is 26.7. The minimum absolute atomic E-state index is 0.319. The van der Waals surface area contributed by atoms with Crippen molar-refractivity contribution in [2.24, 2.45) is 10.9 Å². The quantitative estimate of drug-likeness (QED) is 0.663. The van der Waals surface area contributed by atoms with E-state index in [-0.39, 0.29) is 5.92 Å². The fourth-order valence-electron chi connectivity index (χ4n) is 4.05. The Labute approximate surface area is 171 Å². The molecule has 2 aliphatic rings. The number of aliphatic imine (C=N–C) groups is 1. The van der Waals surface area contributed by atoms with Gasteiger partial charge in [0.2, 0.25) is 0 Å². The molecule has 1 atom stereocenters. The largest absolute Gasteiger partial charge is 0.492 e. The molecule has 0 saturated carbocycles. The Kier molecular flexibility index (Phi) is 4.43. The van der Waals surface area contributed by atoms with Crippen LogP contribution in [0.25, 0.3) is 10.2 Å². The highest BCUT2D eigenvalue weighted by atomic mass is 32.1. The number of aliphatic carboxylic acids is 1. The van der Waals surface area contributed by atoms with Crippen molar-refractivity contribution in [2.75, 3.05) is 11.9 Å². The molecule has 2 N–H and O–H groups in total. The van der Waals surface area contributed by atoms with E-state index in [4.69, 9.17) is 4.74 Å². The monoisotopic (exact) mass is 408 g/mol.